The Bertz CT molecular complexity index is 757. The fraction of sp³-hybridized carbons (Fsp3) is 0.286. The van der Waals surface area contributed by atoms with E-state index >= 15 is 0 Å². The molecule has 0 aliphatic carbocycles. The molecule has 1 aliphatic heterocycles. The summed E-state index contributed by atoms with van der Waals surface area (Å²) in [6.07, 6.45) is 4.19. The van der Waals surface area contributed by atoms with Crippen LogP contribution in [0.5, 0.6) is 0 Å². The Hall–Kier alpha value is -2.55. The van der Waals surface area contributed by atoms with Crippen molar-refractivity contribution in [1.82, 2.24) is 0 Å². The van der Waals surface area contributed by atoms with Crippen molar-refractivity contribution in [3.63, 3.8) is 0 Å². The van der Waals surface area contributed by atoms with Crippen molar-refractivity contribution in [2.45, 2.75) is 32.7 Å². The summed E-state index contributed by atoms with van der Waals surface area (Å²) in [5.74, 6) is 0.578. The van der Waals surface area contributed by atoms with Crippen molar-refractivity contribution >= 4 is 17.5 Å². The van der Waals surface area contributed by atoms with Crippen LogP contribution < -0.4 is 16.0 Å². The second kappa shape index (κ2) is 6.91. The minimum Gasteiger partial charge on any atom is -0.404 e. The van der Waals surface area contributed by atoms with Crippen LogP contribution in [0.15, 0.2) is 48.7 Å². The van der Waals surface area contributed by atoms with Crippen LogP contribution in [0.4, 0.5) is 5.69 Å². The van der Waals surface area contributed by atoms with Crippen LogP contribution in [0, 0.1) is 0 Å². The van der Waals surface area contributed by atoms with Crippen molar-refractivity contribution in [1.29, 1.82) is 0 Å². The van der Waals surface area contributed by atoms with Crippen molar-refractivity contribution in [2.24, 2.45) is 5.73 Å². The van der Waals surface area contributed by atoms with E-state index in [0.29, 0.717) is 5.92 Å². The first-order valence-electron chi connectivity index (χ1n) is 8.56. The molecule has 0 saturated carbocycles. The highest BCUT2D eigenvalue weighted by Gasteiger charge is 2.20. The molecule has 124 valence electrons. The first-order valence-corrected chi connectivity index (χ1v) is 8.56. The van der Waals surface area contributed by atoms with Gasteiger partial charge in [0.15, 0.2) is 6.21 Å². The van der Waals surface area contributed by atoms with Crippen LogP contribution in [0.25, 0.3) is 5.57 Å². The van der Waals surface area contributed by atoms with E-state index in [1.165, 1.54) is 22.4 Å². The minimum absolute atomic E-state index is 0.578. The van der Waals surface area contributed by atoms with Gasteiger partial charge in [0.1, 0.15) is 0 Å². The fourth-order valence-corrected chi connectivity index (χ4v) is 3.29. The first-order chi connectivity index (χ1) is 11.6. The number of rotatable bonds is 5. The van der Waals surface area contributed by atoms with Crippen LogP contribution in [0.3, 0.4) is 0 Å². The number of hydrogen-bond acceptors (Lipinski definition) is 2. The van der Waals surface area contributed by atoms with E-state index in [2.05, 4.69) is 61.2 Å². The molecule has 0 saturated heterocycles. The highest BCUT2D eigenvalue weighted by Crippen LogP contribution is 2.31. The van der Waals surface area contributed by atoms with Gasteiger partial charge in [-0.2, -0.15) is 0 Å². The van der Waals surface area contributed by atoms with E-state index in [1.54, 1.807) is 12.4 Å². The maximum absolute atomic E-state index is 5.64. The van der Waals surface area contributed by atoms with Crippen LogP contribution in [0.1, 0.15) is 42.0 Å². The molecule has 3 heteroatoms. The third-order valence-corrected chi connectivity index (χ3v) is 4.78. The molecule has 3 nitrogen and oxygen atoms in total. The summed E-state index contributed by atoms with van der Waals surface area (Å²) >= 11 is 0. The summed E-state index contributed by atoms with van der Waals surface area (Å²) in [5.41, 5.74) is 13.0. The van der Waals surface area contributed by atoms with Gasteiger partial charge in [-0.1, -0.05) is 44.2 Å². The molecule has 0 amide bonds. The van der Waals surface area contributed by atoms with Crippen molar-refractivity contribution < 1.29 is 5.41 Å². The number of allylic oxidation sites excluding steroid dienone is 1. The van der Waals surface area contributed by atoms with Gasteiger partial charge in [0.25, 0.3) is 0 Å². The van der Waals surface area contributed by atoms with E-state index in [-0.39, 0.29) is 0 Å². The molecule has 0 aromatic heterocycles. The van der Waals surface area contributed by atoms with Gasteiger partial charge >= 0.3 is 0 Å². The lowest BCUT2D eigenvalue weighted by molar-refractivity contribution is -0.103. The van der Waals surface area contributed by atoms with Crippen molar-refractivity contribution in [2.75, 3.05) is 11.4 Å². The second-order valence-electron chi connectivity index (χ2n) is 6.70. The predicted octanol–water partition coefficient (Wildman–Crippen LogP) is 2.50. The maximum Gasteiger partial charge on any atom is 0.169 e. The number of hydrogen-bond donors (Lipinski definition) is 2. The Balaban J connectivity index is 1.78. The number of anilines is 1. The highest BCUT2D eigenvalue weighted by molar-refractivity contribution is 6.06. The molecule has 0 bridgehead atoms. The second-order valence-corrected chi connectivity index (χ2v) is 6.70. The zero-order valence-corrected chi connectivity index (χ0v) is 14.5. The average Bonchev–Trinajstić information content (AvgIpc) is 2.99. The Kier molecular flexibility index (Phi) is 4.70. The van der Waals surface area contributed by atoms with Gasteiger partial charge in [-0.25, -0.2) is 0 Å². The van der Waals surface area contributed by atoms with E-state index in [0.717, 1.165) is 30.6 Å². The summed E-state index contributed by atoms with van der Waals surface area (Å²) in [5, 5.41) is 5.64. The molecule has 2 aromatic rings. The topological polar surface area (TPSA) is 54.8 Å². The Morgan fingerprint density at radius 2 is 1.96 bits per heavy atom. The summed E-state index contributed by atoms with van der Waals surface area (Å²) in [6, 6.07) is 15.5. The molecule has 3 rings (SSSR count). The monoisotopic (exact) mass is 320 g/mol. The van der Waals surface area contributed by atoms with E-state index in [1.807, 2.05) is 0 Å². The SMILES string of the molecule is CC(C)c1ccc(CN2CCc3cc(/C(C=[NH2+])=C/N)ccc32)cc1. The van der Waals surface area contributed by atoms with Crippen molar-refractivity contribution in [3.05, 3.63) is 70.9 Å². The normalized spacial score (nSPS) is 14.1. The molecule has 0 radical (unpaired) electrons. The minimum atomic E-state index is 0.578. The molecule has 24 heavy (non-hydrogen) atoms. The Morgan fingerprint density at radius 3 is 2.58 bits per heavy atom. The van der Waals surface area contributed by atoms with Gasteiger partial charge in [-0.15, -0.1) is 0 Å². The molecule has 4 N–H and O–H groups in total. The lowest BCUT2D eigenvalue weighted by Crippen LogP contribution is -2.30. The van der Waals surface area contributed by atoms with Gasteiger partial charge < -0.3 is 10.6 Å². The lowest BCUT2D eigenvalue weighted by Gasteiger charge is -2.20. The maximum atomic E-state index is 5.64. The van der Waals surface area contributed by atoms with Gasteiger partial charge in [0.05, 0.1) is 5.57 Å². The summed E-state index contributed by atoms with van der Waals surface area (Å²) in [4.78, 5) is 2.45. The summed E-state index contributed by atoms with van der Waals surface area (Å²) < 4.78 is 0. The molecule has 0 spiro atoms. The quantitative estimate of drug-likeness (QED) is 0.832. The third kappa shape index (κ3) is 3.21. The summed E-state index contributed by atoms with van der Waals surface area (Å²) in [7, 11) is 0. The third-order valence-electron chi connectivity index (χ3n) is 4.78. The largest absolute Gasteiger partial charge is 0.404 e. The van der Waals surface area contributed by atoms with E-state index in [9.17, 15) is 0 Å². The Labute approximate surface area is 144 Å². The average molecular weight is 320 g/mol. The van der Waals surface area contributed by atoms with Gasteiger partial charge in [0, 0.05) is 25.0 Å². The zero-order chi connectivity index (χ0) is 17.1. The van der Waals surface area contributed by atoms with Gasteiger partial charge in [-0.3, -0.25) is 5.41 Å². The lowest BCUT2D eigenvalue weighted by atomic mass is 10.0. The predicted molar refractivity (Wildman–Crippen MR) is 102 cm³/mol. The zero-order valence-electron chi connectivity index (χ0n) is 14.5. The smallest absolute Gasteiger partial charge is 0.169 e. The van der Waals surface area contributed by atoms with Crippen LogP contribution in [-0.4, -0.2) is 12.8 Å². The molecule has 2 aromatic carbocycles. The van der Waals surface area contributed by atoms with E-state index in [4.69, 9.17) is 11.1 Å². The van der Waals surface area contributed by atoms with Gasteiger partial charge in [-0.05, 0) is 46.7 Å². The number of nitrogens with zero attached hydrogens (tertiary/aromatic N) is 1. The molecule has 0 unspecified atom stereocenters. The molecule has 1 aliphatic rings. The van der Waals surface area contributed by atoms with E-state index < -0.39 is 0 Å². The van der Waals surface area contributed by atoms with Crippen molar-refractivity contribution in [3.8, 4) is 0 Å². The van der Waals surface area contributed by atoms with Gasteiger partial charge in [0.2, 0.25) is 0 Å². The highest BCUT2D eigenvalue weighted by atomic mass is 15.1. The molecule has 0 fully saturated rings. The first kappa shape index (κ1) is 16.3. The molecule has 0 atom stereocenters. The van der Waals surface area contributed by atoms with Crippen LogP contribution >= 0.6 is 0 Å². The number of benzene rings is 2. The molecular formula is C21H26N3+. The molecular weight excluding hydrogens is 294 g/mol. The molecule has 1 heterocycles. The summed E-state index contributed by atoms with van der Waals surface area (Å²) in [6.45, 7) is 6.46. The fourth-order valence-electron chi connectivity index (χ4n) is 3.29. The number of fused-ring (bicyclic) bond motifs is 1. The van der Waals surface area contributed by atoms with Crippen LogP contribution in [0.2, 0.25) is 0 Å². The Morgan fingerprint density at radius 1 is 1.21 bits per heavy atom. The number of nitrogens with two attached hydrogens (primary N) is 2. The van der Waals surface area contributed by atoms with Crippen LogP contribution in [-0.2, 0) is 13.0 Å². The standard InChI is InChI=1S/C21H25N3/c1-15(2)17-5-3-16(4-6-17)14-24-10-9-19-11-18(7-8-21(19)24)20(12-22)13-23/h3-8,11-13,15,22H,9-10,14,23H2,1-2H3/p+1/b20-13+,22-12?.